The van der Waals surface area contributed by atoms with E-state index in [1.807, 2.05) is 7.05 Å². The van der Waals surface area contributed by atoms with Crippen LogP contribution >= 0.6 is 11.8 Å². The molecule has 2 aromatic rings. The molecule has 1 aliphatic rings. The van der Waals surface area contributed by atoms with Crippen molar-refractivity contribution in [1.82, 2.24) is 10.3 Å². The molecule has 106 valence electrons. The zero-order valence-electron chi connectivity index (χ0n) is 12.1. The molecule has 2 heterocycles. The maximum absolute atomic E-state index is 4.75. The molecule has 20 heavy (non-hydrogen) atoms. The van der Waals surface area contributed by atoms with Crippen LogP contribution in [0.25, 0.3) is 10.9 Å². The maximum atomic E-state index is 4.75. The van der Waals surface area contributed by atoms with Crippen molar-refractivity contribution in [3.63, 3.8) is 0 Å². The number of para-hydroxylation sites is 1. The first kappa shape index (κ1) is 13.7. The van der Waals surface area contributed by atoms with E-state index in [-0.39, 0.29) is 0 Å². The Balaban J connectivity index is 2.11. The van der Waals surface area contributed by atoms with Crippen molar-refractivity contribution in [2.45, 2.75) is 19.5 Å². The van der Waals surface area contributed by atoms with Gasteiger partial charge in [-0.05, 0) is 26.1 Å². The summed E-state index contributed by atoms with van der Waals surface area (Å²) in [6.45, 7) is 4.26. The van der Waals surface area contributed by atoms with Crippen LogP contribution in [0.4, 0.5) is 5.69 Å². The first-order valence-corrected chi connectivity index (χ1v) is 8.32. The number of nitrogens with zero attached hydrogens (tertiary/aromatic N) is 2. The number of hydrogen-bond acceptors (Lipinski definition) is 4. The first-order valence-electron chi connectivity index (χ1n) is 7.17. The Kier molecular flexibility index (Phi) is 4.13. The van der Waals surface area contributed by atoms with Gasteiger partial charge in [-0.25, -0.2) is 0 Å². The van der Waals surface area contributed by atoms with E-state index < -0.39 is 0 Å². The molecule has 1 saturated heterocycles. The molecule has 0 bridgehead atoms. The second-order valence-corrected chi connectivity index (χ2v) is 6.45. The summed E-state index contributed by atoms with van der Waals surface area (Å²) < 4.78 is 0. The Morgan fingerprint density at radius 1 is 1.40 bits per heavy atom. The molecule has 1 atom stereocenters. The third-order valence-electron chi connectivity index (χ3n) is 3.78. The predicted molar refractivity (Wildman–Crippen MR) is 88.6 cm³/mol. The van der Waals surface area contributed by atoms with Gasteiger partial charge in [-0.15, -0.1) is 0 Å². The SMILES string of the molecule is CNCc1cc(N2CCSCC2C)c2ccccc2n1. The van der Waals surface area contributed by atoms with Gasteiger partial charge < -0.3 is 10.2 Å². The van der Waals surface area contributed by atoms with Gasteiger partial charge in [0.25, 0.3) is 0 Å². The number of anilines is 1. The summed E-state index contributed by atoms with van der Waals surface area (Å²) in [5.41, 5.74) is 3.56. The molecule has 1 unspecified atom stereocenters. The normalized spacial score (nSPS) is 19.5. The van der Waals surface area contributed by atoms with Crippen molar-refractivity contribution < 1.29 is 0 Å². The monoisotopic (exact) mass is 287 g/mol. The molecule has 4 heteroatoms. The van der Waals surface area contributed by atoms with E-state index >= 15 is 0 Å². The number of pyridine rings is 1. The van der Waals surface area contributed by atoms with Crippen LogP contribution in [0.5, 0.6) is 0 Å². The van der Waals surface area contributed by atoms with Gasteiger partial charge >= 0.3 is 0 Å². The standard InChI is InChI=1S/C16H21N3S/c1-12-11-20-8-7-19(12)16-9-13(10-17-2)18-15-6-4-3-5-14(15)16/h3-6,9,12,17H,7-8,10-11H2,1-2H3. The van der Waals surface area contributed by atoms with Crippen molar-refractivity contribution in [3.8, 4) is 0 Å². The fourth-order valence-corrected chi connectivity index (χ4v) is 3.82. The Labute approximate surface area is 124 Å². The van der Waals surface area contributed by atoms with Gasteiger partial charge in [0.05, 0.1) is 11.2 Å². The van der Waals surface area contributed by atoms with Gasteiger partial charge in [0, 0.05) is 41.7 Å². The second kappa shape index (κ2) is 6.02. The van der Waals surface area contributed by atoms with E-state index in [0.717, 1.165) is 24.3 Å². The number of rotatable bonds is 3. The minimum absolute atomic E-state index is 0.585. The highest BCUT2D eigenvalue weighted by atomic mass is 32.2. The van der Waals surface area contributed by atoms with Gasteiger partial charge in [0.15, 0.2) is 0 Å². The molecule has 1 aromatic carbocycles. The molecule has 0 aliphatic carbocycles. The minimum Gasteiger partial charge on any atom is -0.367 e. The molecule has 1 aromatic heterocycles. The molecule has 3 nitrogen and oxygen atoms in total. The van der Waals surface area contributed by atoms with E-state index in [9.17, 15) is 0 Å². The Morgan fingerprint density at radius 2 is 2.25 bits per heavy atom. The highest BCUT2D eigenvalue weighted by Gasteiger charge is 2.21. The summed E-state index contributed by atoms with van der Waals surface area (Å²) in [7, 11) is 1.97. The molecule has 0 saturated carbocycles. The Bertz CT molecular complexity index is 599. The number of nitrogens with one attached hydrogen (secondary N) is 1. The van der Waals surface area contributed by atoms with Gasteiger partial charge in [-0.2, -0.15) is 11.8 Å². The highest BCUT2D eigenvalue weighted by Crippen LogP contribution is 2.31. The largest absolute Gasteiger partial charge is 0.367 e. The fraction of sp³-hybridized carbons (Fsp3) is 0.438. The number of aromatic nitrogens is 1. The van der Waals surface area contributed by atoms with E-state index in [0.29, 0.717) is 6.04 Å². The van der Waals surface area contributed by atoms with Crippen molar-refractivity contribution in [2.24, 2.45) is 0 Å². The van der Waals surface area contributed by atoms with E-state index in [1.54, 1.807) is 0 Å². The number of fused-ring (bicyclic) bond motifs is 1. The highest BCUT2D eigenvalue weighted by molar-refractivity contribution is 7.99. The quantitative estimate of drug-likeness (QED) is 0.939. The summed E-state index contributed by atoms with van der Waals surface area (Å²) in [5, 5.41) is 4.47. The maximum Gasteiger partial charge on any atom is 0.0726 e. The van der Waals surface area contributed by atoms with E-state index in [1.165, 1.54) is 22.6 Å². The van der Waals surface area contributed by atoms with Gasteiger partial charge in [0.2, 0.25) is 0 Å². The molecule has 1 N–H and O–H groups in total. The number of benzene rings is 1. The van der Waals surface area contributed by atoms with Crippen LogP contribution in [0.15, 0.2) is 30.3 Å². The molecule has 3 rings (SSSR count). The third-order valence-corrected chi connectivity index (χ3v) is 4.97. The zero-order valence-corrected chi connectivity index (χ0v) is 12.9. The molecule has 1 aliphatic heterocycles. The molecular weight excluding hydrogens is 266 g/mol. The number of hydrogen-bond donors (Lipinski definition) is 1. The van der Waals surface area contributed by atoms with Crippen LogP contribution in [0.1, 0.15) is 12.6 Å². The lowest BCUT2D eigenvalue weighted by Gasteiger charge is -2.36. The molecular formula is C16H21N3S. The molecule has 0 amide bonds. The van der Waals surface area contributed by atoms with Crippen LogP contribution in [0, 0.1) is 0 Å². The third kappa shape index (κ3) is 2.63. The van der Waals surface area contributed by atoms with E-state index in [4.69, 9.17) is 4.98 Å². The summed E-state index contributed by atoms with van der Waals surface area (Å²) in [4.78, 5) is 7.29. The average Bonchev–Trinajstić information content (AvgIpc) is 2.47. The van der Waals surface area contributed by atoms with Crippen LogP contribution in [0.3, 0.4) is 0 Å². The Hall–Kier alpha value is -1.26. The lowest BCUT2D eigenvalue weighted by atomic mass is 10.1. The van der Waals surface area contributed by atoms with Crippen molar-refractivity contribution in [3.05, 3.63) is 36.0 Å². The topological polar surface area (TPSA) is 28.2 Å². The number of thioether (sulfide) groups is 1. The summed E-state index contributed by atoms with van der Waals surface area (Å²) in [6.07, 6.45) is 0. The summed E-state index contributed by atoms with van der Waals surface area (Å²) in [5.74, 6) is 2.42. The Morgan fingerprint density at radius 3 is 3.05 bits per heavy atom. The minimum atomic E-state index is 0.585. The van der Waals surface area contributed by atoms with Gasteiger partial charge in [0.1, 0.15) is 0 Å². The summed E-state index contributed by atoms with van der Waals surface area (Å²) in [6, 6.07) is 11.3. The second-order valence-electron chi connectivity index (χ2n) is 5.30. The smallest absolute Gasteiger partial charge is 0.0726 e. The molecule has 1 fully saturated rings. The summed E-state index contributed by atoms with van der Waals surface area (Å²) >= 11 is 2.05. The van der Waals surface area contributed by atoms with Crippen LogP contribution in [0.2, 0.25) is 0 Å². The van der Waals surface area contributed by atoms with Crippen molar-refractivity contribution in [2.75, 3.05) is 30.0 Å². The van der Waals surface area contributed by atoms with Crippen molar-refractivity contribution in [1.29, 1.82) is 0 Å². The average molecular weight is 287 g/mol. The van der Waals surface area contributed by atoms with E-state index in [2.05, 4.69) is 59.2 Å². The lowest BCUT2D eigenvalue weighted by Crippen LogP contribution is -2.40. The molecule has 0 spiro atoms. The van der Waals surface area contributed by atoms with Crippen LogP contribution < -0.4 is 10.2 Å². The van der Waals surface area contributed by atoms with Gasteiger partial charge in [-0.1, -0.05) is 18.2 Å². The van der Waals surface area contributed by atoms with Crippen LogP contribution in [-0.2, 0) is 6.54 Å². The fourth-order valence-electron chi connectivity index (χ4n) is 2.80. The molecule has 0 radical (unpaired) electrons. The van der Waals surface area contributed by atoms with Gasteiger partial charge in [-0.3, -0.25) is 4.98 Å². The first-order chi connectivity index (χ1) is 9.79. The lowest BCUT2D eigenvalue weighted by molar-refractivity contribution is 0.700. The predicted octanol–water partition coefficient (Wildman–Crippen LogP) is 2.90. The zero-order chi connectivity index (χ0) is 13.9. The van der Waals surface area contributed by atoms with Crippen LogP contribution in [-0.4, -0.2) is 36.1 Å². The van der Waals surface area contributed by atoms with Crippen molar-refractivity contribution >= 4 is 28.4 Å².